The number of carbonyl (C=O) groups is 2. The van der Waals surface area contributed by atoms with Crippen LogP contribution in [0.25, 0.3) is 0 Å². The molecule has 1 aliphatic heterocycles. The first-order valence-electron chi connectivity index (χ1n) is 11.9. The van der Waals surface area contributed by atoms with E-state index in [4.69, 9.17) is 9.47 Å². The summed E-state index contributed by atoms with van der Waals surface area (Å²) in [6.07, 6.45) is 14.3. The van der Waals surface area contributed by atoms with Gasteiger partial charge < -0.3 is 9.47 Å². The fourth-order valence-corrected chi connectivity index (χ4v) is 3.72. The van der Waals surface area contributed by atoms with Gasteiger partial charge in [0.05, 0.1) is 24.3 Å². The Kier molecular flexibility index (Phi) is 10.7. The van der Waals surface area contributed by atoms with Gasteiger partial charge in [-0.1, -0.05) is 78.1 Å². The average Bonchev–Trinajstić information content (AvgIpc) is 2.96. The van der Waals surface area contributed by atoms with Gasteiger partial charge in [-0.15, -0.1) is 0 Å². The van der Waals surface area contributed by atoms with E-state index in [-0.39, 0.29) is 11.8 Å². The number of fused-ring (bicyclic) bond motifs is 1. The Morgan fingerprint density at radius 2 is 1.00 bits per heavy atom. The first-order valence-corrected chi connectivity index (χ1v) is 11.9. The lowest BCUT2D eigenvalue weighted by atomic mass is 10.1. The maximum atomic E-state index is 12.3. The topological polar surface area (TPSA) is 55.8 Å². The highest BCUT2D eigenvalue weighted by molar-refractivity contribution is 6.21. The minimum atomic E-state index is -0.276. The van der Waals surface area contributed by atoms with Crippen LogP contribution in [0, 0.1) is 0 Å². The van der Waals surface area contributed by atoms with E-state index in [1.54, 1.807) is 12.1 Å². The second-order valence-corrected chi connectivity index (χ2v) is 8.25. The van der Waals surface area contributed by atoms with Crippen LogP contribution in [0.1, 0.15) is 112 Å². The summed E-state index contributed by atoms with van der Waals surface area (Å²) < 4.78 is 12.0. The summed E-state index contributed by atoms with van der Waals surface area (Å²) in [4.78, 5) is 25.8. The zero-order valence-electron chi connectivity index (χ0n) is 19.1. The van der Waals surface area contributed by atoms with E-state index in [1.807, 2.05) is 0 Å². The molecule has 0 aliphatic carbocycles. The summed E-state index contributed by atoms with van der Waals surface area (Å²) in [7, 11) is 1.51. The lowest BCUT2D eigenvalue weighted by Crippen LogP contribution is -2.24. The van der Waals surface area contributed by atoms with E-state index in [0.717, 1.165) is 30.6 Å². The predicted molar refractivity (Wildman–Crippen MR) is 121 cm³/mol. The van der Waals surface area contributed by atoms with E-state index < -0.39 is 0 Å². The first-order chi connectivity index (χ1) is 14.6. The average molecular weight is 418 g/mol. The molecule has 1 aromatic carbocycles. The largest absolute Gasteiger partial charge is 0.490 e. The molecule has 30 heavy (non-hydrogen) atoms. The van der Waals surface area contributed by atoms with Crippen molar-refractivity contribution in [2.24, 2.45) is 0 Å². The third-order valence-electron chi connectivity index (χ3n) is 5.66. The van der Waals surface area contributed by atoms with E-state index in [9.17, 15) is 9.59 Å². The summed E-state index contributed by atoms with van der Waals surface area (Å²) in [5, 5.41) is 0. The van der Waals surface area contributed by atoms with Crippen molar-refractivity contribution in [3.63, 3.8) is 0 Å². The van der Waals surface area contributed by atoms with E-state index in [2.05, 4.69) is 13.8 Å². The number of imide groups is 1. The monoisotopic (exact) mass is 417 g/mol. The lowest BCUT2D eigenvalue weighted by molar-refractivity contribution is 0.0693. The minimum absolute atomic E-state index is 0.276. The van der Waals surface area contributed by atoms with Crippen LogP contribution in [-0.4, -0.2) is 37.0 Å². The maximum Gasteiger partial charge on any atom is 0.261 e. The zero-order valence-corrected chi connectivity index (χ0v) is 19.1. The van der Waals surface area contributed by atoms with Crippen molar-refractivity contribution in [3.05, 3.63) is 23.3 Å². The van der Waals surface area contributed by atoms with Gasteiger partial charge in [0.2, 0.25) is 0 Å². The highest BCUT2D eigenvalue weighted by Crippen LogP contribution is 2.35. The van der Waals surface area contributed by atoms with E-state index in [0.29, 0.717) is 35.8 Å². The van der Waals surface area contributed by atoms with Crippen LogP contribution >= 0.6 is 0 Å². The molecule has 0 fully saturated rings. The molecule has 1 aliphatic rings. The van der Waals surface area contributed by atoms with Crippen molar-refractivity contribution < 1.29 is 19.1 Å². The second-order valence-electron chi connectivity index (χ2n) is 8.25. The van der Waals surface area contributed by atoms with Gasteiger partial charge in [-0.05, 0) is 25.0 Å². The number of unbranched alkanes of at least 4 members (excludes halogenated alkanes) is 10. The maximum absolute atomic E-state index is 12.3. The molecule has 5 nitrogen and oxygen atoms in total. The first kappa shape index (κ1) is 24.2. The SMILES string of the molecule is CCCCCCCCOc1cc2c(cc1OCCCCCCCC)C(=O)N(C)C2=O. The van der Waals surface area contributed by atoms with Gasteiger partial charge >= 0.3 is 0 Å². The number of ether oxygens (including phenoxy) is 2. The third-order valence-corrected chi connectivity index (χ3v) is 5.66. The lowest BCUT2D eigenvalue weighted by Gasteiger charge is -2.14. The van der Waals surface area contributed by atoms with Crippen LogP contribution in [0.15, 0.2) is 12.1 Å². The van der Waals surface area contributed by atoms with E-state index in [1.165, 1.54) is 58.4 Å². The third kappa shape index (κ3) is 7.03. The molecule has 0 atom stereocenters. The van der Waals surface area contributed by atoms with Crippen molar-refractivity contribution >= 4 is 11.8 Å². The summed E-state index contributed by atoms with van der Waals surface area (Å²) in [6, 6.07) is 3.37. The Labute approximate surface area is 182 Å². The molecule has 1 heterocycles. The second kappa shape index (κ2) is 13.3. The molecule has 0 spiro atoms. The van der Waals surface area contributed by atoms with Crippen LogP contribution < -0.4 is 9.47 Å². The van der Waals surface area contributed by atoms with Gasteiger partial charge in [-0.25, -0.2) is 0 Å². The summed E-state index contributed by atoms with van der Waals surface area (Å²) in [5.41, 5.74) is 0.819. The van der Waals surface area contributed by atoms with Crippen LogP contribution in [0.4, 0.5) is 0 Å². The molecule has 0 aromatic heterocycles. The van der Waals surface area contributed by atoms with Gasteiger partial charge in [-0.2, -0.15) is 0 Å². The van der Waals surface area contributed by atoms with Crippen molar-refractivity contribution in [1.82, 2.24) is 4.90 Å². The van der Waals surface area contributed by atoms with Crippen molar-refractivity contribution in [3.8, 4) is 11.5 Å². The number of rotatable bonds is 16. The van der Waals surface area contributed by atoms with E-state index >= 15 is 0 Å². The molecule has 0 N–H and O–H groups in total. The molecule has 0 unspecified atom stereocenters. The van der Waals surface area contributed by atoms with Gasteiger partial charge in [0.25, 0.3) is 11.8 Å². The highest BCUT2D eigenvalue weighted by atomic mass is 16.5. The normalized spacial score (nSPS) is 13.1. The van der Waals surface area contributed by atoms with Gasteiger partial charge in [0.15, 0.2) is 11.5 Å². The summed E-state index contributed by atoms with van der Waals surface area (Å²) >= 11 is 0. The number of hydrogen-bond acceptors (Lipinski definition) is 4. The highest BCUT2D eigenvalue weighted by Gasteiger charge is 2.34. The molecule has 0 saturated heterocycles. The van der Waals surface area contributed by atoms with Crippen LogP contribution in [0.5, 0.6) is 11.5 Å². The van der Waals surface area contributed by atoms with Crippen LogP contribution in [-0.2, 0) is 0 Å². The number of hydrogen-bond donors (Lipinski definition) is 0. The number of carbonyl (C=O) groups excluding carboxylic acids is 2. The Balaban J connectivity index is 1.94. The summed E-state index contributed by atoms with van der Waals surface area (Å²) in [5.74, 6) is 0.596. The van der Waals surface area contributed by atoms with Crippen molar-refractivity contribution in [1.29, 1.82) is 0 Å². The van der Waals surface area contributed by atoms with Crippen LogP contribution in [0.2, 0.25) is 0 Å². The van der Waals surface area contributed by atoms with Gasteiger partial charge in [0.1, 0.15) is 0 Å². The fourth-order valence-electron chi connectivity index (χ4n) is 3.72. The smallest absolute Gasteiger partial charge is 0.261 e. The molecule has 2 rings (SSSR count). The molecule has 5 heteroatoms. The molecular formula is C25H39NO4. The number of nitrogens with zero attached hydrogens (tertiary/aromatic N) is 1. The zero-order chi connectivity index (χ0) is 21.8. The molecule has 1 aromatic rings. The fraction of sp³-hybridized carbons (Fsp3) is 0.680. The minimum Gasteiger partial charge on any atom is -0.490 e. The molecule has 168 valence electrons. The Morgan fingerprint density at radius 1 is 0.633 bits per heavy atom. The van der Waals surface area contributed by atoms with Crippen molar-refractivity contribution in [2.45, 2.75) is 90.9 Å². The molecular weight excluding hydrogens is 378 g/mol. The van der Waals surface area contributed by atoms with Gasteiger partial charge in [-0.3, -0.25) is 14.5 Å². The standard InChI is InChI=1S/C25H39NO4/c1-4-6-8-10-12-14-16-29-22-18-20-21(25(28)26(3)24(20)27)19-23(22)30-17-15-13-11-9-7-5-2/h18-19H,4-17H2,1-3H3. The quantitative estimate of drug-likeness (QED) is 0.231. The number of amides is 2. The Morgan fingerprint density at radius 3 is 1.40 bits per heavy atom. The van der Waals surface area contributed by atoms with Crippen LogP contribution in [0.3, 0.4) is 0 Å². The summed E-state index contributed by atoms with van der Waals surface area (Å²) in [6.45, 7) is 5.62. The Hall–Kier alpha value is -2.04. The number of benzene rings is 1. The van der Waals surface area contributed by atoms with Crippen molar-refractivity contribution in [2.75, 3.05) is 20.3 Å². The molecule has 0 bridgehead atoms. The molecule has 0 radical (unpaired) electrons. The van der Waals surface area contributed by atoms with Gasteiger partial charge in [0, 0.05) is 7.05 Å². The Bertz CT molecular complexity index is 629. The molecule has 2 amide bonds. The predicted octanol–water partition coefficient (Wildman–Crippen LogP) is 6.39. The molecule has 0 saturated carbocycles.